The summed E-state index contributed by atoms with van der Waals surface area (Å²) in [6.45, 7) is 6.37. The second-order valence-electron chi connectivity index (χ2n) is 6.31. The monoisotopic (exact) mass is 312 g/mol. The molecule has 3 aromatic carbocycles. The lowest BCUT2D eigenvalue weighted by atomic mass is 10.0. The molecule has 0 radical (unpaired) electrons. The zero-order valence-electron chi connectivity index (χ0n) is 14.2. The number of nitrogens with zero attached hydrogens (tertiary/aromatic N) is 2. The highest BCUT2D eigenvalue weighted by Gasteiger charge is 2.13. The van der Waals surface area contributed by atoms with Crippen LogP contribution in [0.3, 0.4) is 0 Å². The van der Waals surface area contributed by atoms with Crippen molar-refractivity contribution in [2.45, 2.75) is 20.8 Å². The molecule has 0 spiro atoms. The highest BCUT2D eigenvalue weighted by molar-refractivity contribution is 5.95. The van der Waals surface area contributed by atoms with Crippen molar-refractivity contribution in [1.82, 2.24) is 9.55 Å². The maximum atomic E-state index is 4.85. The molecule has 1 aromatic heterocycles. The Balaban J connectivity index is 1.93. The molecule has 118 valence electrons. The highest BCUT2D eigenvalue weighted by atomic mass is 15.1. The van der Waals surface area contributed by atoms with E-state index < -0.39 is 0 Å². The number of benzene rings is 3. The first-order valence-corrected chi connectivity index (χ1v) is 8.26. The molecule has 1 heterocycles. The van der Waals surface area contributed by atoms with Gasteiger partial charge < -0.3 is 4.57 Å². The zero-order chi connectivity index (χ0) is 16.7. The highest BCUT2D eigenvalue weighted by Crippen LogP contribution is 2.30. The van der Waals surface area contributed by atoms with Crippen molar-refractivity contribution < 1.29 is 0 Å². The van der Waals surface area contributed by atoms with Gasteiger partial charge in [-0.2, -0.15) is 0 Å². The Morgan fingerprint density at radius 1 is 0.750 bits per heavy atom. The quantitative estimate of drug-likeness (QED) is 0.470. The van der Waals surface area contributed by atoms with Crippen molar-refractivity contribution in [2.24, 2.45) is 0 Å². The van der Waals surface area contributed by atoms with E-state index in [1.807, 2.05) is 0 Å². The van der Waals surface area contributed by atoms with Gasteiger partial charge in [-0.25, -0.2) is 4.98 Å². The molecule has 0 unspecified atom stereocenters. The van der Waals surface area contributed by atoms with Crippen molar-refractivity contribution in [2.75, 3.05) is 0 Å². The van der Waals surface area contributed by atoms with Crippen molar-refractivity contribution in [3.8, 4) is 16.9 Å². The average molecular weight is 312 g/mol. The van der Waals surface area contributed by atoms with E-state index in [4.69, 9.17) is 4.98 Å². The number of fused-ring (bicyclic) bond motifs is 1. The minimum absolute atomic E-state index is 1.01. The van der Waals surface area contributed by atoms with Gasteiger partial charge >= 0.3 is 0 Å². The Hall–Kier alpha value is -2.87. The minimum Gasteiger partial charge on any atom is -0.303 e. The number of hydrogen-bond donors (Lipinski definition) is 0. The summed E-state index contributed by atoms with van der Waals surface area (Å²) in [5, 5.41) is 2.49. The lowest BCUT2D eigenvalue weighted by Crippen LogP contribution is -2.00. The van der Waals surface area contributed by atoms with Crippen LogP contribution in [0.4, 0.5) is 0 Å². The first-order chi connectivity index (χ1) is 11.6. The normalized spacial score (nSPS) is 11.1. The van der Waals surface area contributed by atoms with Crippen molar-refractivity contribution in [3.63, 3.8) is 0 Å². The maximum absolute atomic E-state index is 4.85. The summed E-state index contributed by atoms with van der Waals surface area (Å²) in [4.78, 5) is 4.85. The van der Waals surface area contributed by atoms with Gasteiger partial charge in [-0.1, -0.05) is 60.7 Å². The van der Waals surface area contributed by atoms with E-state index >= 15 is 0 Å². The third-order valence-electron chi connectivity index (χ3n) is 4.63. The first-order valence-electron chi connectivity index (χ1n) is 8.26. The van der Waals surface area contributed by atoms with Crippen LogP contribution in [0.2, 0.25) is 0 Å². The summed E-state index contributed by atoms with van der Waals surface area (Å²) >= 11 is 0. The Labute approximate surface area is 142 Å². The van der Waals surface area contributed by atoms with E-state index in [2.05, 4.69) is 92.2 Å². The van der Waals surface area contributed by atoms with Crippen molar-refractivity contribution in [3.05, 3.63) is 83.8 Å². The van der Waals surface area contributed by atoms with E-state index in [0.717, 1.165) is 11.5 Å². The molecule has 0 aliphatic rings. The van der Waals surface area contributed by atoms with Crippen LogP contribution in [0, 0.1) is 20.8 Å². The predicted molar refractivity (Wildman–Crippen MR) is 101 cm³/mol. The second kappa shape index (κ2) is 5.64. The molecular weight excluding hydrogens is 292 g/mol. The molecule has 0 aliphatic heterocycles. The van der Waals surface area contributed by atoms with Crippen LogP contribution in [0.1, 0.15) is 17.0 Å². The Kier molecular flexibility index (Phi) is 3.46. The van der Waals surface area contributed by atoms with Gasteiger partial charge in [-0.15, -0.1) is 0 Å². The van der Waals surface area contributed by atoms with Crippen LogP contribution in [-0.2, 0) is 0 Å². The largest absolute Gasteiger partial charge is 0.303 e. The number of rotatable bonds is 2. The van der Waals surface area contributed by atoms with Gasteiger partial charge in [0, 0.05) is 11.8 Å². The standard InChI is InChI=1S/C22H20N2/c1-15-8-6-9-16(2)22(15)24-14-21(23-17(24)3)20-13-7-11-18-10-4-5-12-19(18)20/h4-14H,1-3H3. The van der Waals surface area contributed by atoms with Gasteiger partial charge in [-0.05, 0) is 42.7 Å². The molecule has 0 aliphatic carbocycles. The van der Waals surface area contributed by atoms with Gasteiger partial charge in [0.05, 0.1) is 11.4 Å². The average Bonchev–Trinajstić information content (AvgIpc) is 2.96. The Morgan fingerprint density at radius 2 is 1.42 bits per heavy atom. The van der Waals surface area contributed by atoms with E-state index in [-0.39, 0.29) is 0 Å². The molecule has 4 rings (SSSR count). The lowest BCUT2D eigenvalue weighted by Gasteiger charge is -2.11. The molecule has 4 aromatic rings. The van der Waals surface area contributed by atoms with E-state index in [1.165, 1.54) is 33.2 Å². The van der Waals surface area contributed by atoms with E-state index in [1.54, 1.807) is 0 Å². The van der Waals surface area contributed by atoms with Crippen molar-refractivity contribution >= 4 is 10.8 Å². The van der Waals surface area contributed by atoms with E-state index in [0.29, 0.717) is 0 Å². The zero-order valence-corrected chi connectivity index (χ0v) is 14.2. The number of aromatic nitrogens is 2. The minimum atomic E-state index is 1.01. The molecule has 2 heteroatoms. The number of para-hydroxylation sites is 1. The lowest BCUT2D eigenvalue weighted by molar-refractivity contribution is 0.954. The summed E-state index contributed by atoms with van der Waals surface area (Å²) in [5.41, 5.74) is 5.96. The topological polar surface area (TPSA) is 17.8 Å². The SMILES string of the molecule is Cc1cccc(C)c1-n1cc(-c2cccc3ccccc23)nc1C. The molecule has 24 heavy (non-hydrogen) atoms. The number of imidazole rings is 1. The molecule has 0 saturated carbocycles. The van der Waals surface area contributed by atoms with Gasteiger partial charge in [0.2, 0.25) is 0 Å². The summed E-state index contributed by atoms with van der Waals surface area (Å²) in [7, 11) is 0. The molecule has 2 nitrogen and oxygen atoms in total. The van der Waals surface area contributed by atoms with Crippen LogP contribution < -0.4 is 0 Å². The second-order valence-corrected chi connectivity index (χ2v) is 6.31. The fourth-order valence-electron chi connectivity index (χ4n) is 3.46. The summed E-state index contributed by atoms with van der Waals surface area (Å²) in [6.07, 6.45) is 2.16. The molecule has 0 fully saturated rings. The first kappa shape index (κ1) is 14.7. The van der Waals surface area contributed by atoms with Crippen LogP contribution in [0.15, 0.2) is 66.9 Å². The molecule has 0 bridgehead atoms. The fraction of sp³-hybridized carbons (Fsp3) is 0.136. The van der Waals surface area contributed by atoms with Crippen LogP contribution >= 0.6 is 0 Å². The third kappa shape index (κ3) is 2.31. The molecule has 0 atom stereocenters. The van der Waals surface area contributed by atoms with Crippen LogP contribution in [0.25, 0.3) is 27.7 Å². The van der Waals surface area contributed by atoms with Gasteiger partial charge in [0.15, 0.2) is 0 Å². The van der Waals surface area contributed by atoms with Crippen LogP contribution in [0.5, 0.6) is 0 Å². The number of aryl methyl sites for hydroxylation is 3. The van der Waals surface area contributed by atoms with Crippen LogP contribution in [-0.4, -0.2) is 9.55 Å². The molecule has 0 saturated heterocycles. The molecule has 0 N–H and O–H groups in total. The van der Waals surface area contributed by atoms with Gasteiger partial charge in [0.1, 0.15) is 5.82 Å². The van der Waals surface area contributed by atoms with Gasteiger partial charge in [0.25, 0.3) is 0 Å². The van der Waals surface area contributed by atoms with Crippen molar-refractivity contribution in [1.29, 1.82) is 0 Å². The van der Waals surface area contributed by atoms with E-state index in [9.17, 15) is 0 Å². The third-order valence-corrected chi connectivity index (χ3v) is 4.63. The summed E-state index contributed by atoms with van der Waals surface area (Å²) in [6, 6.07) is 21.3. The fourth-order valence-corrected chi connectivity index (χ4v) is 3.46. The molecular formula is C22H20N2. The summed E-state index contributed by atoms with van der Waals surface area (Å²) < 4.78 is 2.21. The van der Waals surface area contributed by atoms with Gasteiger partial charge in [-0.3, -0.25) is 0 Å². The predicted octanol–water partition coefficient (Wildman–Crippen LogP) is 5.62. The molecule has 0 amide bonds. The number of hydrogen-bond acceptors (Lipinski definition) is 1. The Bertz CT molecular complexity index is 1020. The smallest absolute Gasteiger partial charge is 0.110 e. The maximum Gasteiger partial charge on any atom is 0.110 e. The summed E-state index contributed by atoms with van der Waals surface area (Å²) in [5.74, 6) is 1.01. The Morgan fingerprint density at radius 3 is 2.21 bits per heavy atom.